The van der Waals surface area contributed by atoms with Crippen LogP contribution in [0.5, 0.6) is 0 Å². The predicted octanol–water partition coefficient (Wildman–Crippen LogP) is 1.24. The summed E-state index contributed by atoms with van der Waals surface area (Å²) in [4.78, 5) is 11.4. The molecule has 4 fully saturated rings. The number of aromatic nitrogens is 10. The molecule has 4 aromatic heterocycles. The lowest BCUT2D eigenvalue weighted by molar-refractivity contribution is -0.0785. The predicted molar refractivity (Wildman–Crippen MR) is 97.2 cm³/mol. The lowest BCUT2D eigenvalue weighted by atomic mass is 9.46. The van der Waals surface area contributed by atoms with Crippen LogP contribution < -0.4 is 0 Å². The molecule has 0 radical (unpaired) electrons. The Hall–Kier alpha value is -2.91. The van der Waals surface area contributed by atoms with E-state index < -0.39 is 0 Å². The van der Waals surface area contributed by atoms with Gasteiger partial charge in [-0.25, -0.2) is 14.5 Å². The van der Waals surface area contributed by atoms with E-state index in [2.05, 4.69) is 25.5 Å². The lowest BCUT2D eigenvalue weighted by Gasteiger charge is -2.60. The average molecular weight is 376 g/mol. The molecule has 4 bridgehead atoms. The van der Waals surface area contributed by atoms with Crippen molar-refractivity contribution in [3.05, 3.63) is 24.7 Å². The molecule has 10 heteroatoms. The van der Waals surface area contributed by atoms with E-state index in [1.807, 2.05) is 22.6 Å². The number of hydrogen-bond donors (Lipinski definition) is 0. The number of nitrogens with zero attached hydrogens (tertiary/aromatic N) is 10. The summed E-state index contributed by atoms with van der Waals surface area (Å²) in [7, 11) is 1.90. The zero-order valence-corrected chi connectivity index (χ0v) is 15.6. The summed E-state index contributed by atoms with van der Waals surface area (Å²) >= 11 is 0. The van der Waals surface area contributed by atoms with Gasteiger partial charge in [-0.3, -0.25) is 4.68 Å². The molecule has 0 spiro atoms. The van der Waals surface area contributed by atoms with Crippen LogP contribution >= 0.6 is 0 Å². The second-order valence-corrected chi connectivity index (χ2v) is 9.14. The Morgan fingerprint density at radius 3 is 2.71 bits per heavy atom. The molecule has 2 atom stereocenters. The smallest absolute Gasteiger partial charge is 0.170 e. The van der Waals surface area contributed by atoms with E-state index in [0.29, 0.717) is 11.8 Å². The van der Waals surface area contributed by atoms with Gasteiger partial charge in [0.15, 0.2) is 23.4 Å². The van der Waals surface area contributed by atoms with Crippen LogP contribution in [0.15, 0.2) is 18.9 Å². The van der Waals surface area contributed by atoms with Gasteiger partial charge in [0.2, 0.25) is 0 Å². The van der Waals surface area contributed by atoms with Gasteiger partial charge in [0, 0.05) is 12.5 Å². The summed E-state index contributed by atoms with van der Waals surface area (Å²) in [6.07, 6.45) is 12.0. The first-order valence-electron chi connectivity index (χ1n) is 9.91. The standard InChI is InChI=1S/C18H20N10/c1-26-14-13(7-21-26)15-23-16(24-27(15)10-19-14)17-3-11-2-12(4-17)6-18(5-11,8-17)28-22-9-20-25-28/h7,9-12H,2-6,8H2,1H3/t11-,12-,17?,18?/m0/s1. The van der Waals surface area contributed by atoms with E-state index in [4.69, 9.17) is 10.1 Å². The number of rotatable bonds is 2. The Bertz CT molecular complexity index is 1200. The van der Waals surface area contributed by atoms with Gasteiger partial charge in [-0.1, -0.05) is 0 Å². The van der Waals surface area contributed by atoms with Crippen LogP contribution in [-0.4, -0.2) is 49.6 Å². The van der Waals surface area contributed by atoms with Gasteiger partial charge in [-0.2, -0.15) is 9.90 Å². The Labute approximate surface area is 160 Å². The first kappa shape index (κ1) is 15.1. The van der Waals surface area contributed by atoms with Crippen LogP contribution in [0.1, 0.15) is 44.3 Å². The molecule has 4 saturated carbocycles. The highest BCUT2D eigenvalue weighted by atomic mass is 15.6. The van der Waals surface area contributed by atoms with E-state index >= 15 is 0 Å². The van der Waals surface area contributed by atoms with E-state index in [1.54, 1.807) is 17.3 Å². The first-order chi connectivity index (χ1) is 13.6. The largest absolute Gasteiger partial charge is 0.250 e. The third-order valence-electron chi connectivity index (χ3n) is 7.35. The van der Waals surface area contributed by atoms with Crippen molar-refractivity contribution in [3.8, 4) is 0 Å². The van der Waals surface area contributed by atoms with Crippen molar-refractivity contribution in [2.24, 2.45) is 18.9 Å². The average Bonchev–Trinajstić information content (AvgIpc) is 3.40. The highest BCUT2D eigenvalue weighted by Gasteiger charge is 2.61. The van der Waals surface area contributed by atoms with Gasteiger partial charge in [-0.05, 0) is 55.6 Å². The molecule has 142 valence electrons. The Kier molecular flexibility index (Phi) is 2.55. The number of hydrogen-bond acceptors (Lipinski definition) is 7. The maximum Gasteiger partial charge on any atom is 0.170 e. The van der Waals surface area contributed by atoms with Crippen LogP contribution in [-0.2, 0) is 18.0 Å². The van der Waals surface area contributed by atoms with Crippen LogP contribution in [0, 0.1) is 11.8 Å². The van der Waals surface area contributed by atoms with Crippen LogP contribution in [0.4, 0.5) is 0 Å². The SMILES string of the molecule is Cn1ncc2c1ncn1nc(C34C[C@@H]5C[C@@H](C3)CC(n3ncnn3)(C5)C4)nc21. The monoisotopic (exact) mass is 376 g/mol. The van der Waals surface area contributed by atoms with Gasteiger partial charge in [0.1, 0.15) is 6.33 Å². The van der Waals surface area contributed by atoms with Gasteiger partial charge >= 0.3 is 0 Å². The fraction of sp³-hybridized carbons (Fsp3) is 0.611. The number of fused-ring (bicyclic) bond motifs is 3. The number of aryl methyl sites for hydroxylation is 1. The van der Waals surface area contributed by atoms with Crippen LogP contribution in [0.3, 0.4) is 0 Å². The lowest BCUT2D eigenvalue weighted by Crippen LogP contribution is -2.59. The molecule has 4 heterocycles. The van der Waals surface area contributed by atoms with E-state index in [9.17, 15) is 0 Å². The molecule has 0 aliphatic heterocycles. The topological polar surface area (TPSA) is 105 Å². The molecule has 0 amide bonds. The van der Waals surface area contributed by atoms with Crippen LogP contribution in [0.2, 0.25) is 0 Å². The summed E-state index contributed by atoms with van der Waals surface area (Å²) in [6.45, 7) is 0. The molecule has 4 aliphatic carbocycles. The van der Waals surface area contributed by atoms with Crippen LogP contribution in [0.25, 0.3) is 16.7 Å². The van der Waals surface area contributed by atoms with Gasteiger partial charge in [0.05, 0.1) is 17.1 Å². The molecule has 0 N–H and O–H groups in total. The fourth-order valence-electron chi connectivity index (χ4n) is 6.76. The zero-order chi connectivity index (χ0) is 18.5. The Morgan fingerprint density at radius 1 is 1.07 bits per heavy atom. The van der Waals surface area contributed by atoms with E-state index in [1.165, 1.54) is 6.42 Å². The third-order valence-corrected chi connectivity index (χ3v) is 7.35. The molecule has 0 unspecified atom stereocenters. The Morgan fingerprint density at radius 2 is 1.93 bits per heavy atom. The molecule has 4 aromatic rings. The van der Waals surface area contributed by atoms with Crippen molar-refractivity contribution in [2.75, 3.05) is 0 Å². The molecular formula is C18H20N10. The quantitative estimate of drug-likeness (QED) is 0.518. The highest BCUT2D eigenvalue weighted by Crippen LogP contribution is 2.63. The highest BCUT2D eigenvalue weighted by molar-refractivity contribution is 5.88. The van der Waals surface area contributed by atoms with Crippen molar-refractivity contribution < 1.29 is 0 Å². The molecule has 0 aromatic carbocycles. The molecule has 10 nitrogen and oxygen atoms in total. The fourth-order valence-corrected chi connectivity index (χ4v) is 6.76. The van der Waals surface area contributed by atoms with Crippen molar-refractivity contribution in [1.82, 2.24) is 49.6 Å². The van der Waals surface area contributed by atoms with Crippen molar-refractivity contribution in [3.63, 3.8) is 0 Å². The molecule has 0 saturated heterocycles. The summed E-state index contributed by atoms with van der Waals surface area (Å²) in [5.41, 5.74) is 1.62. The first-order valence-corrected chi connectivity index (χ1v) is 9.91. The second-order valence-electron chi connectivity index (χ2n) is 9.14. The van der Waals surface area contributed by atoms with Crippen molar-refractivity contribution >= 4 is 16.7 Å². The Balaban J connectivity index is 1.41. The third kappa shape index (κ3) is 1.76. The maximum atomic E-state index is 5.05. The molecule has 8 rings (SSSR count). The number of tetrazole rings is 1. The van der Waals surface area contributed by atoms with Crippen molar-refractivity contribution in [1.29, 1.82) is 0 Å². The van der Waals surface area contributed by atoms with Crippen molar-refractivity contribution in [2.45, 2.75) is 49.5 Å². The van der Waals surface area contributed by atoms with Gasteiger partial charge < -0.3 is 0 Å². The van der Waals surface area contributed by atoms with Gasteiger partial charge in [0.25, 0.3) is 0 Å². The maximum absolute atomic E-state index is 5.05. The second kappa shape index (κ2) is 4.73. The van der Waals surface area contributed by atoms with E-state index in [0.717, 1.165) is 54.6 Å². The molecule has 4 aliphatic rings. The minimum absolute atomic E-state index is 0.0156. The zero-order valence-electron chi connectivity index (χ0n) is 15.6. The summed E-state index contributed by atoms with van der Waals surface area (Å²) in [5.74, 6) is 2.30. The van der Waals surface area contributed by atoms with Gasteiger partial charge in [-0.15, -0.1) is 15.3 Å². The minimum atomic E-state index is -0.0417. The summed E-state index contributed by atoms with van der Waals surface area (Å²) in [5, 5.41) is 22.9. The summed E-state index contributed by atoms with van der Waals surface area (Å²) in [6, 6.07) is 0. The summed E-state index contributed by atoms with van der Waals surface area (Å²) < 4.78 is 3.60. The minimum Gasteiger partial charge on any atom is -0.250 e. The molecular weight excluding hydrogens is 356 g/mol. The molecule has 28 heavy (non-hydrogen) atoms. The van der Waals surface area contributed by atoms with E-state index in [-0.39, 0.29) is 11.0 Å². The normalized spacial score (nSPS) is 34.0.